The van der Waals surface area contributed by atoms with Gasteiger partial charge in [-0.05, 0) is 31.2 Å². The molecule has 0 radical (unpaired) electrons. The third-order valence-electron chi connectivity index (χ3n) is 4.44. The lowest BCUT2D eigenvalue weighted by atomic mass is 9.93. The molecule has 1 heterocycles. The molecule has 0 unspecified atom stereocenters. The number of nitrogens with zero attached hydrogens (tertiary/aromatic N) is 1. The summed E-state index contributed by atoms with van der Waals surface area (Å²) in [7, 11) is 0. The molecule has 0 saturated carbocycles. The number of aliphatic hydroxyl groups excluding tert-OH is 1. The number of benzene rings is 1. The summed E-state index contributed by atoms with van der Waals surface area (Å²) in [4.78, 5) is 14.4. The monoisotopic (exact) mass is 334 g/mol. The van der Waals surface area contributed by atoms with Crippen LogP contribution < -0.4 is 5.32 Å². The predicted octanol–water partition coefficient (Wildman–Crippen LogP) is 2.93. The molecule has 5 nitrogen and oxygen atoms in total. The Hall–Kier alpha value is -1.59. The summed E-state index contributed by atoms with van der Waals surface area (Å²) in [5.41, 5.74) is 0.992. The average molecular weight is 334 g/mol. The third kappa shape index (κ3) is 5.49. The lowest BCUT2D eigenvalue weighted by Gasteiger charge is -2.40. The van der Waals surface area contributed by atoms with Crippen LogP contribution in [-0.2, 0) is 11.3 Å². The summed E-state index contributed by atoms with van der Waals surface area (Å²) >= 11 is 0. The van der Waals surface area contributed by atoms with Crippen molar-refractivity contribution in [2.75, 3.05) is 13.2 Å². The van der Waals surface area contributed by atoms with Gasteiger partial charge < -0.3 is 20.1 Å². The van der Waals surface area contributed by atoms with Crippen LogP contribution in [0.25, 0.3) is 0 Å². The number of amides is 1. The van der Waals surface area contributed by atoms with Gasteiger partial charge in [-0.15, -0.1) is 0 Å². The molecule has 1 saturated heterocycles. The van der Waals surface area contributed by atoms with Gasteiger partial charge in [0.25, 0.3) is 0 Å². The van der Waals surface area contributed by atoms with E-state index in [0.717, 1.165) is 31.4 Å². The van der Waals surface area contributed by atoms with E-state index < -0.39 is 0 Å². The second-order valence-corrected chi connectivity index (χ2v) is 6.74. The zero-order chi connectivity index (χ0) is 17.4. The Balaban J connectivity index is 1.99. The minimum atomic E-state index is -0.253. The van der Waals surface area contributed by atoms with Gasteiger partial charge in [0, 0.05) is 25.2 Å². The third-order valence-corrected chi connectivity index (χ3v) is 4.44. The van der Waals surface area contributed by atoms with Crippen LogP contribution in [-0.4, -0.2) is 47.4 Å². The van der Waals surface area contributed by atoms with Crippen molar-refractivity contribution < 1.29 is 14.6 Å². The number of ether oxygens (including phenoxy) is 1. The van der Waals surface area contributed by atoms with Crippen LogP contribution in [0.5, 0.6) is 0 Å². The summed E-state index contributed by atoms with van der Waals surface area (Å²) < 4.78 is 5.53. The fourth-order valence-electron chi connectivity index (χ4n) is 3.36. The number of rotatable bonds is 7. The molecule has 1 amide bonds. The van der Waals surface area contributed by atoms with Crippen LogP contribution in [0.2, 0.25) is 0 Å². The van der Waals surface area contributed by atoms with Crippen LogP contribution in [0.1, 0.15) is 45.1 Å². The van der Waals surface area contributed by atoms with Crippen molar-refractivity contribution in [3.8, 4) is 0 Å². The van der Waals surface area contributed by atoms with Crippen molar-refractivity contribution in [2.24, 2.45) is 0 Å². The number of hydrogen-bond donors (Lipinski definition) is 2. The Morgan fingerprint density at radius 1 is 1.33 bits per heavy atom. The summed E-state index contributed by atoms with van der Waals surface area (Å²) in [6.45, 7) is 5.31. The Morgan fingerprint density at radius 3 is 2.75 bits per heavy atom. The van der Waals surface area contributed by atoms with E-state index in [0.29, 0.717) is 19.1 Å². The van der Waals surface area contributed by atoms with E-state index in [9.17, 15) is 9.90 Å². The molecule has 2 rings (SSSR count). The molecule has 0 aliphatic carbocycles. The molecule has 24 heavy (non-hydrogen) atoms. The van der Waals surface area contributed by atoms with Gasteiger partial charge >= 0.3 is 6.09 Å². The number of piperidine rings is 1. The molecule has 1 aromatic carbocycles. The molecule has 0 spiro atoms. The largest absolute Gasteiger partial charge is 0.445 e. The average Bonchev–Trinajstić information content (AvgIpc) is 2.60. The van der Waals surface area contributed by atoms with Gasteiger partial charge in [-0.25, -0.2) is 4.79 Å². The molecule has 2 atom stereocenters. The molecule has 134 valence electrons. The number of hydrogen-bond acceptors (Lipinski definition) is 4. The highest BCUT2D eigenvalue weighted by Gasteiger charge is 2.33. The molecule has 1 aliphatic rings. The maximum absolute atomic E-state index is 12.6. The van der Waals surface area contributed by atoms with Crippen LogP contribution in [0.15, 0.2) is 30.3 Å². The Kier molecular flexibility index (Phi) is 7.53. The Bertz CT molecular complexity index is 493. The first-order chi connectivity index (χ1) is 11.6. The molecular formula is C19H30N2O3. The van der Waals surface area contributed by atoms with E-state index in [4.69, 9.17) is 4.74 Å². The molecule has 0 aromatic heterocycles. The highest BCUT2D eigenvalue weighted by Crippen LogP contribution is 2.23. The maximum Gasteiger partial charge on any atom is 0.410 e. The van der Waals surface area contributed by atoms with Crippen molar-refractivity contribution in [1.29, 1.82) is 0 Å². The molecule has 2 N–H and O–H groups in total. The number of carbonyl (C=O) groups excluding carboxylic acids is 1. The van der Waals surface area contributed by atoms with Crippen molar-refractivity contribution >= 4 is 6.09 Å². The quantitative estimate of drug-likeness (QED) is 0.805. The predicted molar refractivity (Wildman–Crippen MR) is 94.7 cm³/mol. The van der Waals surface area contributed by atoms with E-state index in [1.54, 1.807) is 0 Å². The fourth-order valence-corrected chi connectivity index (χ4v) is 3.36. The van der Waals surface area contributed by atoms with Crippen LogP contribution >= 0.6 is 0 Å². The van der Waals surface area contributed by atoms with Crippen LogP contribution in [0.3, 0.4) is 0 Å². The van der Waals surface area contributed by atoms with E-state index in [2.05, 4.69) is 19.2 Å². The molecular weight excluding hydrogens is 304 g/mol. The van der Waals surface area contributed by atoms with Gasteiger partial charge in [0.15, 0.2) is 0 Å². The van der Waals surface area contributed by atoms with E-state index in [-0.39, 0.29) is 24.8 Å². The van der Waals surface area contributed by atoms with Crippen molar-refractivity contribution in [3.05, 3.63) is 35.9 Å². The van der Waals surface area contributed by atoms with Gasteiger partial charge in [-0.3, -0.25) is 0 Å². The first-order valence-corrected chi connectivity index (χ1v) is 8.96. The summed E-state index contributed by atoms with van der Waals surface area (Å²) in [6.07, 6.45) is 3.45. The Morgan fingerprint density at radius 2 is 2.08 bits per heavy atom. The van der Waals surface area contributed by atoms with Gasteiger partial charge in [0.2, 0.25) is 0 Å². The van der Waals surface area contributed by atoms with E-state index >= 15 is 0 Å². The maximum atomic E-state index is 12.6. The van der Waals surface area contributed by atoms with Crippen molar-refractivity contribution in [1.82, 2.24) is 10.2 Å². The molecule has 1 fully saturated rings. The number of likely N-dealkylation sites (tertiary alicyclic amines) is 1. The molecule has 1 aliphatic heterocycles. The zero-order valence-corrected chi connectivity index (χ0v) is 14.8. The summed E-state index contributed by atoms with van der Waals surface area (Å²) in [5, 5.41) is 12.9. The van der Waals surface area contributed by atoms with E-state index in [1.165, 1.54) is 0 Å². The lowest BCUT2D eigenvalue weighted by molar-refractivity contribution is 0.0527. The van der Waals surface area contributed by atoms with Crippen molar-refractivity contribution in [3.63, 3.8) is 0 Å². The van der Waals surface area contributed by atoms with Gasteiger partial charge in [-0.2, -0.15) is 0 Å². The van der Waals surface area contributed by atoms with Crippen LogP contribution in [0, 0.1) is 0 Å². The second-order valence-electron chi connectivity index (χ2n) is 6.74. The number of aliphatic hydroxyl groups is 1. The van der Waals surface area contributed by atoms with Crippen LogP contribution in [0.4, 0.5) is 4.79 Å². The zero-order valence-electron chi connectivity index (χ0n) is 14.8. The second kappa shape index (κ2) is 9.64. The molecule has 0 bridgehead atoms. The highest BCUT2D eigenvalue weighted by molar-refractivity contribution is 5.68. The minimum absolute atomic E-state index is 0.0802. The van der Waals surface area contributed by atoms with Gasteiger partial charge in [0.05, 0.1) is 6.04 Å². The number of carbonyl (C=O) groups is 1. The van der Waals surface area contributed by atoms with Gasteiger partial charge in [-0.1, -0.05) is 44.2 Å². The minimum Gasteiger partial charge on any atom is -0.445 e. The smallest absolute Gasteiger partial charge is 0.410 e. The van der Waals surface area contributed by atoms with Gasteiger partial charge in [0.1, 0.15) is 6.61 Å². The summed E-state index contributed by atoms with van der Waals surface area (Å²) in [5.74, 6) is 0. The summed E-state index contributed by atoms with van der Waals surface area (Å²) in [6, 6.07) is 10.2. The SMILES string of the molecule is CC(C)N[C@@H](CCO)[C@@H]1CCCCN1C(=O)OCc1ccccc1. The molecule has 5 heteroatoms. The lowest BCUT2D eigenvalue weighted by Crippen LogP contribution is -2.56. The van der Waals surface area contributed by atoms with Crippen molar-refractivity contribution in [2.45, 2.75) is 64.3 Å². The normalized spacial score (nSPS) is 19.3. The first-order valence-electron chi connectivity index (χ1n) is 8.96. The highest BCUT2D eigenvalue weighted by atomic mass is 16.6. The standard InChI is InChI=1S/C19H30N2O3/c1-15(2)20-17(11-13-22)18-10-6-7-12-21(18)19(23)24-14-16-8-4-3-5-9-16/h3-5,8-9,15,17-18,20,22H,6-7,10-14H2,1-2H3/t17-,18-/m0/s1. The number of nitrogens with one attached hydrogen (secondary N) is 1. The topological polar surface area (TPSA) is 61.8 Å². The first kappa shape index (κ1) is 18.7. The Labute approximate surface area is 145 Å². The fraction of sp³-hybridized carbons (Fsp3) is 0.632. The van der Waals surface area contributed by atoms with E-state index in [1.807, 2.05) is 35.2 Å². The molecule has 1 aromatic rings.